The van der Waals surface area contributed by atoms with Gasteiger partial charge in [0.1, 0.15) is 11.7 Å². The topological polar surface area (TPSA) is 211 Å². The van der Waals surface area contributed by atoms with Gasteiger partial charge in [-0.2, -0.15) is 0 Å². The summed E-state index contributed by atoms with van der Waals surface area (Å²) in [6.07, 6.45) is 9.47. The molecule has 6 amide bonds. The molecule has 0 aliphatic carbocycles. The predicted octanol–water partition coefficient (Wildman–Crippen LogP) is 7.27. The minimum atomic E-state index is -1.06. The molecule has 3 N–H and O–H groups in total. The Bertz CT molecular complexity index is 2460. The summed E-state index contributed by atoms with van der Waals surface area (Å²) >= 11 is 0. The number of piperidine rings is 1. The fraction of sp³-hybridized carbons (Fsp3) is 0.283. The number of nitro groups is 1. The van der Waals surface area contributed by atoms with Gasteiger partial charge in [0.15, 0.2) is 5.76 Å². The van der Waals surface area contributed by atoms with E-state index in [0.29, 0.717) is 35.8 Å². The van der Waals surface area contributed by atoms with Crippen molar-refractivity contribution in [1.29, 1.82) is 0 Å². The van der Waals surface area contributed by atoms with Crippen LogP contribution in [0.2, 0.25) is 0 Å². The average Bonchev–Trinajstić information content (AvgIpc) is 3.90. The average molecular weight is 825 g/mol. The van der Waals surface area contributed by atoms with Crippen LogP contribution in [0.1, 0.15) is 106 Å². The minimum absolute atomic E-state index is 0.00553. The standard InChI is InChI=1S/C46H44N6O9/c53-41-22-21-39(44(56)50-41)51-45(57)35-20-17-32(26-36(35)46(51)58)43(55)48-24-8-6-4-2-1-3-5-7-23-47-42(54)31-13-11-29(12-14-31)33-27-37(30-15-18-34(19-16-30)52(59)60)49-38(28-33)40-10-9-25-61-40/h9-20,25-28,39H,1-8,21-24H2,(H,47,54)(H,48,55)(H,50,53,56). The number of aromatic nitrogens is 1. The highest BCUT2D eigenvalue weighted by atomic mass is 16.6. The number of hydrogen-bond donors (Lipinski definition) is 3. The van der Waals surface area contributed by atoms with Gasteiger partial charge < -0.3 is 15.1 Å². The monoisotopic (exact) mass is 824 g/mol. The third kappa shape index (κ3) is 9.95. The van der Waals surface area contributed by atoms with Crippen molar-refractivity contribution >= 4 is 41.1 Å². The van der Waals surface area contributed by atoms with Crippen LogP contribution in [0.4, 0.5) is 5.69 Å². The molecule has 0 spiro atoms. The number of furan rings is 1. The van der Waals surface area contributed by atoms with E-state index < -0.39 is 34.6 Å². The number of amides is 6. The Morgan fingerprint density at radius 3 is 1.92 bits per heavy atom. The Balaban J connectivity index is 0.778. The Kier molecular flexibility index (Phi) is 13.2. The number of non-ortho nitro benzene ring substituents is 1. The molecule has 5 aromatic rings. The van der Waals surface area contributed by atoms with Crippen LogP contribution in [0.5, 0.6) is 0 Å². The van der Waals surface area contributed by atoms with Gasteiger partial charge in [-0.05, 0) is 97.1 Å². The Morgan fingerprint density at radius 2 is 1.30 bits per heavy atom. The molecule has 1 atom stereocenters. The first-order chi connectivity index (χ1) is 29.6. The zero-order chi connectivity index (χ0) is 42.9. The zero-order valence-corrected chi connectivity index (χ0v) is 33.3. The van der Waals surface area contributed by atoms with E-state index in [4.69, 9.17) is 9.40 Å². The molecule has 2 aliphatic rings. The lowest BCUT2D eigenvalue weighted by atomic mass is 10.00. The van der Waals surface area contributed by atoms with Gasteiger partial charge in [-0.3, -0.25) is 49.1 Å². The largest absolute Gasteiger partial charge is 0.463 e. The number of nitro benzene ring substituents is 1. The van der Waals surface area contributed by atoms with Crippen molar-refractivity contribution in [3.63, 3.8) is 0 Å². The minimum Gasteiger partial charge on any atom is -0.463 e. The van der Waals surface area contributed by atoms with Crippen LogP contribution in [-0.2, 0) is 9.59 Å². The van der Waals surface area contributed by atoms with Gasteiger partial charge in [-0.25, -0.2) is 4.98 Å². The highest BCUT2D eigenvalue weighted by Gasteiger charge is 2.44. The molecule has 2 aromatic heterocycles. The summed E-state index contributed by atoms with van der Waals surface area (Å²) in [5, 5.41) is 19.2. The van der Waals surface area contributed by atoms with Crippen molar-refractivity contribution in [3.05, 3.63) is 130 Å². The number of fused-ring (bicyclic) bond motifs is 1. The maximum Gasteiger partial charge on any atom is 0.269 e. The first-order valence-electron chi connectivity index (χ1n) is 20.4. The summed E-state index contributed by atoms with van der Waals surface area (Å²) in [7, 11) is 0. The van der Waals surface area contributed by atoms with E-state index in [1.54, 1.807) is 36.6 Å². The van der Waals surface area contributed by atoms with Gasteiger partial charge >= 0.3 is 0 Å². The second kappa shape index (κ2) is 19.2. The molecule has 61 heavy (non-hydrogen) atoms. The molecule has 4 heterocycles. The molecular formula is C46H44N6O9. The number of unbranched alkanes of at least 4 members (excludes halogenated alkanes) is 7. The normalized spacial score (nSPS) is 14.8. The third-order valence-corrected chi connectivity index (χ3v) is 10.8. The van der Waals surface area contributed by atoms with Gasteiger partial charge in [0.25, 0.3) is 29.3 Å². The van der Waals surface area contributed by atoms with Crippen molar-refractivity contribution < 1.29 is 38.1 Å². The summed E-state index contributed by atoms with van der Waals surface area (Å²) in [6, 6.07) is 24.2. The van der Waals surface area contributed by atoms with Crippen LogP contribution in [-0.4, -0.2) is 69.4 Å². The molecule has 2 aliphatic heterocycles. The number of rotatable bonds is 18. The number of hydrogen-bond acceptors (Lipinski definition) is 10. The number of benzene rings is 3. The van der Waals surface area contributed by atoms with E-state index in [9.17, 15) is 38.9 Å². The molecule has 0 saturated carbocycles. The fourth-order valence-corrected chi connectivity index (χ4v) is 7.49. The van der Waals surface area contributed by atoms with E-state index >= 15 is 0 Å². The van der Waals surface area contributed by atoms with E-state index in [-0.39, 0.29) is 47.0 Å². The van der Waals surface area contributed by atoms with Crippen LogP contribution in [0.15, 0.2) is 102 Å². The number of carbonyl (C=O) groups excluding carboxylic acids is 6. The van der Waals surface area contributed by atoms with Gasteiger partial charge in [-0.15, -0.1) is 0 Å². The smallest absolute Gasteiger partial charge is 0.269 e. The van der Waals surface area contributed by atoms with E-state index in [2.05, 4.69) is 16.0 Å². The molecule has 3 aromatic carbocycles. The predicted molar refractivity (Wildman–Crippen MR) is 224 cm³/mol. The molecule has 0 radical (unpaired) electrons. The van der Waals surface area contributed by atoms with E-state index in [1.165, 1.54) is 30.3 Å². The van der Waals surface area contributed by atoms with Crippen LogP contribution < -0.4 is 16.0 Å². The zero-order valence-electron chi connectivity index (χ0n) is 33.3. The van der Waals surface area contributed by atoms with Crippen LogP contribution in [0.3, 0.4) is 0 Å². The Hall–Kier alpha value is -7.29. The molecule has 1 saturated heterocycles. The molecule has 15 nitrogen and oxygen atoms in total. The Labute approximate surface area is 351 Å². The molecule has 312 valence electrons. The van der Waals surface area contributed by atoms with Gasteiger partial charge in [0, 0.05) is 48.3 Å². The molecule has 15 heteroatoms. The first kappa shape index (κ1) is 41.9. The maximum atomic E-state index is 13.1. The van der Waals surface area contributed by atoms with Crippen molar-refractivity contribution in [2.75, 3.05) is 13.1 Å². The summed E-state index contributed by atoms with van der Waals surface area (Å²) < 4.78 is 5.60. The maximum absolute atomic E-state index is 13.1. The summed E-state index contributed by atoms with van der Waals surface area (Å²) in [6.45, 7) is 1.04. The van der Waals surface area contributed by atoms with Gasteiger partial charge in [-0.1, -0.05) is 50.7 Å². The molecule has 0 bridgehead atoms. The molecule has 1 fully saturated rings. The summed E-state index contributed by atoms with van der Waals surface area (Å²) in [5.41, 5.74) is 4.66. The SMILES string of the molecule is O=C1CCC(N2C(=O)c3ccc(C(=O)NCCCCCCCCCCNC(=O)c4ccc(-c5cc(-c6ccc([N+](=O)[O-])cc6)nc(-c6ccco6)c5)cc4)cc3C2=O)C(=O)N1. The third-order valence-electron chi connectivity index (χ3n) is 10.8. The van der Waals surface area contributed by atoms with E-state index in [1.807, 2.05) is 30.3 Å². The lowest BCUT2D eigenvalue weighted by Gasteiger charge is -2.27. The number of nitrogens with zero attached hydrogens (tertiary/aromatic N) is 3. The lowest BCUT2D eigenvalue weighted by molar-refractivity contribution is -0.384. The highest BCUT2D eigenvalue weighted by molar-refractivity contribution is 6.24. The lowest BCUT2D eigenvalue weighted by Crippen LogP contribution is -2.54. The molecule has 1 unspecified atom stereocenters. The first-order valence-corrected chi connectivity index (χ1v) is 20.4. The second-order valence-electron chi connectivity index (χ2n) is 15.0. The van der Waals surface area contributed by atoms with Crippen molar-refractivity contribution in [2.24, 2.45) is 0 Å². The van der Waals surface area contributed by atoms with Crippen molar-refractivity contribution in [1.82, 2.24) is 25.8 Å². The second-order valence-corrected chi connectivity index (χ2v) is 15.0. The number of nitrogens with one attached hydrogen (secondary N) is 3. The van der Waals surface area contributed by atoms with Crippen LogP contribution in [0, 0.1) is 10.1 Å². The van der Waals surface area contributed by atoms with Crippen LogP contribution >= 0.6 is 0 Å². The quantitative estimate of drug-likeness (QED) is 0.0348. The highest BCUT2D eigenvalue weighted by Crippen LogP contribution is 2.32. The fourth-order valence-electron chi connectivity index (χ4n) is 7.49. The summed E-state index contributed by atoms with van der Waals surface area (Å²) in [5.74, 6) is -2.31. The van der Waals surface area contributed by atoms with Crippen LogP contribution in [0.25, 0.3) is 33.8 Å². The molecular weight excluding hydrogens is 781 g/mol. The number of imide groups is 2. The Morgan fingerprint density at radius 1 is 0.705 bits per heavy atom. The van der Waals surface area contributed by atoms with Gasteiger partial charge in [0.05, 0.1) is 28.0 Å². The number of pyridine rings is 1. The molecule has 7 rings (SSSR count). The number of carbonyl (C=O) groups is 6. The van der Waals surface area contributed by atoms with Crippen molar-refractivity contribution in [2.45, 2.75) is 70.3 Å². The van der Waals surface area contributed by atoms with E-state index in [0.717, 1.165) is 73.0 Å². The van der Waals surface area contributed by atoms with Crippen molar-refractivity contribution in [3.8, 4) is 33.8 Å². The summed E-state index contributed by atoms with van der Waals surface area (Å²) in [4.78, 5) is 91.8. The van der Waals surface area contributed by atoms with Gasteiger partial charge in [0.2, 0.25) is 11.8 Å².